The summed E-state index contributed by atoms with van der Waals surface area (Å²) in [5, 5.41) is 6.16. The lowest BCUT2D eigenvalue weighted by Crippen LogP contribution is -2.38. The monoisotopic (exact) mass is 438 g/mol. The van der Waals surface area contributed by atoms with Gasteiger partial charge in [-0.1, -0.05) is 20.8 Å². The van der Waals surface area contributed by atoms with E-state index < -0.39 is 0 Å². The third kappa shape index (κ3) is 8.19. The summed E-state index contributed by atoms with van der Waals surface area (Å²) in [6, 6.07) is 0. The molecule has 7 nitrogen and oxygen atoms in total. The molecule has 0 radical (unpaired) electrons. The number of hydrogen-bond acceptors (Lipinski definition) is 5. The molecule has 0 fully saturated rings. The van der Waals surface area contributed by atoms with Crippen molar-refractivity contribution >= 4 is 35.9 Å². The van der Waals surface area contributed by atoms with E-state index in [0.29, 0.717) is 24.9 Å². The molecule has 0 unspecified atom stereocenters. The zero-order valence-corrected chi connectivity index (χ0v) is 16.8. The van der Waals surface area contributed by atoms with E-state index in [9.17, 15) is 4.79 Å². The van der Waals surface area contributed by atoms with Crippen LogP contribution in [0.2, 0.25) is 0 Å². The number of oxazole rings is 1. The van der Waals surface area contributed by atoms with Gasteiger partial charge in [-0.15, -0.1) is 24.0 Å². The van der Waals surface area contributed by atoms with E-state index in [1.54, 1.807) is 6.20 Å². The number of guanidine groups is 1. The summed E-state index contributed by atoms with van der Waals surface area (Å²) in [6.07, 6.45) is 2.02. The molecule has 0 saturated heterocycles. The first-order valence-electron chi connectivity index (χ1n) is 7.41. The molecule has 0 amide bonds. The quantitative estimate of drug-likeness (QED) is 0.307. The number of methoxy groups -OCH3 is 1. The third-order valence-corrected chi connectivity index (χ3v) is 2.86. The minimum Gasteiger partial charge on any atom is -0.469 e. The number of aliphatic imine (C=N–C) groups is 1. The Balaban J connectivity index is 0.00000484. The molecular weight excluding hydrogens is 411 g/mol. The molecule has 0 aliphatic carbocycles. The fourth-order valence-corrected chi connectivity index (χ4v) is 1.60. The summed E-state index contributed by atoms with van der Waals surface area (Å²) >= 11 is 0. The van der Waals surface area contributed by atoms with Crippen molar-refractivity contribution in [1.82, 2.24) is 15.6 Å². The molecule has 0 atom stereocenters. The first-order valence-corrected chi connectivity index (χ1v) is 7.41. The Kier molecular flexibility index (Phi) is 9.85. The van der Waals surface area contributed by atoms with Crippen LogP contribution in [0.3, 0.4) is 0 Å². The average Bonchev–Trinajstić information content (AvgIpc) is 2.93. The van der Waals surface area contributed by atoms with Crippen LogP contribution in [0.4, 0.5) is 0 Å². The van der Waals surface area contributed by atoms with Gasteiger partial charge < -0.3 is 19.8 Å². The average molecular weight is 438 g/mol. The molecule has 1 aromatic heterocycles. The van der Waals surface area contributed by atoms with E-state index in [-0.39, 0.29) is 41.8 Å². The van der Waals surface area contributed by atoms with Crippen molar-refractivity contribution in [2.75, 3.05) is 20.2 Å². The van der Waals surface area contributed by atoms with Crippen molar-refractivity contribution in [3.63, 3.8) is 0 Å². The summed E-state index contributed by atoms with van der Waals surface area (Å²) in [7, 11) is 1.37. The number of halogens is 1. The smallest absolute Gasteiger partial charge is 0.307 e. The molecule has 1 aromatic rings. The molecule has 0 spiro atoms. The second-order valence-electron chi connectivity index (χ2n) is 5.82. The molecule has 1 heterocycles. The number of ether oxygens (including phenoxy) is 1. The molecule has 0 aliphatic heterocycles. The van der Waals surface area contributed by atoms with Gasteiger partial charge in [-0.25, -0.2) is 9.98 Å². The van der Waals surface area contributed by atoms with E-state index in [4.69, 9.17) is 4.42 Å². The molecule has 8 heteroatoms. The summed E-state index contributed by atoms with van der Waals surface area (Å²) in [6.45, 7) is 9.70. The Morgan fingerprint density at radius 2 is 2.09 bits per heavy atom. The highest BCUT2D eigenvalue weighted by atomic mass is 127. The molecule has 2 N–H and O–H groups in total. The van der Waals surface area contributed by atoms with E-state index >= 15 is 0 Å². The van der Waals surface area contributed by atoms with Crippen LogP contribution in [0.5, 0.6) is 0 Å². The summed E-state index contributed by atoms with van der Waals surface area (Å²) in [5.74, 6) is 1.75. The van der Waals surface area contributed by atoms with Gasteiger partial charge in [0.25, 0.3) is 0 Å². The van der Waals surface area contributed by atoms with Gasteiger partial charge in [0, 0.05) is 18.5 Å². The van der Waals surface area contributed by atoms with Crippen LogP contribution in [-0.4, -0.2) is 37.1 Å². The third-order valence-electron chi connectivity index (χ3n) is 2.86. The van der Waals surface area contributed by atoms with Crippen LogP contribution in [0, 0.1) is 0 Å². The number of nitrogens with zero attached hydrogens (tertiary/aromatic N) is 2. The minimum absolute atomic E-state index is 0. The molecule has 23 heavy (non-hydrogen) atoms. The molecule has 1 rings (SSSR count). The van der Waals surface area contributed by atoms with Gasteiger partial charge >= 0.3 is 5.97 Å². The Morgan fingerprint density at radius 1 is 1.39 bits per heavy atom. The van der Waals surface area contributed by atoms with Gasteiger partial charge in [-0.05, 0) is 6.92 Å². The van der Waals surface area contributed by atoms with Gasteiger partial charge in [-0.2, -0.15) is 0 Å². The number of rotatable bonds is 6. The summed E-state index contributed by atoms with van der Waals surface area (Å²) in [5.41, 5.74) is -0.0712. The maximum absolute atomic E-state index is 11.1. The van der Waals surface area contributed by atoms with Crippen LogP contribution in [0.1, 0.15) is 45.8 Å². The first kappa shape index (κ1) is 21.7. The van der Waals surface area contributed by atoms with Crippen molar-refractivity contribution in [3.05, 3.63) is 17.8 Å². The molecule has 0 saturated carbocycles. The zero-order chi connectivity index (χ0) is 16.6. The fourth-order valence-electron chi connectivity index (χ4n) is 1.60. The lowest BCUT2D eigenvalue weighted by molar-refractivity contribution is -0.140. The lowest BCUT2D eigenvalue weighted by Gasteiger charge is -2.13. The van der Waals surface area contributed by atoms with Crippen molar-refractivity contribution in [2.45, 2.75) is 46.1 Å². The van der Waals surface area contributed by atoms with Gasteiger partial charge in [0.1, 0.15) is 12.3 Å². The van der Waals surface area contributed by atoms with Crippen LogP contribution < -0.4 is 10.6 Å². The Morgan fingerprint density at radius 3 is 2.61 bits per heavy atom. The van der Waals surface area contributed by atoms with E-state index in [0.717, 1.165) is 12.3 Å². The van der Waals surface area contributed by atoms with Crippen LogP contribution in [-0.2, 0) is 21.5 Å². The topological polar surface area (TPSA) is 88.8 Å². The van der Waals surface area contributed by atoms with E-state index in [1.807, 2.05) is 6.92 Å². The normalized spacial score (nSPS) is 11.6. The lowest BCUT2D eigenvalue weighted by atomic mass is 9.94. The van der Waals surface area contributed by atoms with Crippen molar-refractivity contribution < 1.29 is 13.9 Å². The maximum atomic E-state index is 11.1. The zero-order valence-electron chi connectivity index (χ0n) is 14.4. The molecule has 0 aromatic carbocycles. The highest BCUT2D eigenvalue weighted by molar-refractivity contribution is 14.0. The van der Waals surface area contributed by atoms with Gasteiger partial charge in [0.15, 0.2) is 5.96 Å². The summed E-state index contributed by atoms with van der Waals surface area (Å²) in [4.78, 5) is 19.7. The standard InChI is InChI=1S/C15H26N4O3.HI/c1-6-16-14(17-8-7-13(20)21-5)19-10-12-18-9-11(22-12)15(2,3)4;/h9H,6-8,10H2,1-5H3,(H2,16,17,19);1H. The maximum Gasteiger partial charge on any atom is 0.307 e. The minimum atomic E-state index is -0.258. The number of hydrogen-bond donors (Lipinski definition) is 2. The van der Waals surface area contributed by atoms with Gasteiger partial charge in [0.05, 0.1) is 19.7 Å². The highest BCUT2D eigenvalue weighted by Gasteiger charge is 2.18. The van der Waals surface area contributed by atoms with Gasteiger partial charge in [0.2, 0.25) is 5.89 Å². The molecule has 0 aliphatic rings. The first-order chi connectivity index (χ1) is 10.4. The second-order valence-corrected chi connectivity index (χ2v) is 5.82. The van der Waals surface area contributed by atoms with E-state index in [2.05, 4.69) is 46.1 Å². The Labute approximate surface area is 154 Å². The predicted octanol–water partition coefficient (Wildman–Crippen LogP) is 2.21. The van der Waals surface area contributed by atoms with Gasteiger partial charge in [-0.3, -0.25) is 4.79 Å². The van der Waals surface area contributed by atoms with Crippen molar-refractivity contribution in [3.8, 4) is 0 Å². The summed E-state index contributed by atoms with van der Waals surface area (Å²) < 4.78 is 10.3. The number of nitrogens with one attached hydrogen (secondary N) is 2. The number of carbonyl (C=O) groups excluding carboxylic acids is 1. The Bertz CT molecular complexity index is 509. The van der Waals surface area contributed by atoms with Crippen LogP contribution in [0.15, 0.2) is 15.6 Å². The van der Waals surface area contributed by atoms with Crippen molar-refractivity contribution in [1.29, 1.82) is 0 Å². The molecule has 132 valence electrons. The Hall–Kier alpha value is -1.32. The van der Waals surface area contributed by atoms with Crippen LogP contribution in [0.25, 0.3) is 0 Å². The SMILES string of the molecule is CCNC(=NCc1ncc(C(C)(C)C)o1)NCCC(=O)OC.I. The number of aromatic nitrogens is 1. The highest BCUT2D eigenvalue weighted by Crippen LogP contribution is 2.22. The predicted molar refractivity (Wildman–Crippen MR) is 100 cm³/mol. The van der Waals surface area contributed by atoms with Crippen LogP contribution >= 0.6 is 24.0 Å². The molecule has 0 bridgehead atoms. The number of carbonyl (C=O) groups is 1. The molecular formula is C15H27IN4O3. The largest absolute Gasteiger partial charge is 0.469 e. The van der Waals surface area contributed by atoms with Crippen molar-refractivity contribution in [2.24, 2.45) is 4.99 Å². The fraction of sp³-hybridized carbons (Fsp3) is 0.667. The number of esters is 1. The second kappa shape index (κ2) is 10.5. The van der Waals surface area contributed by atoms with E-state index in [1.165, 1.54) is 7.11 Å².